The number of rotatable bonds is 10. The molecule has 0 radical (unpaired) electrons. The molecule has 0 fully saturated rings. The lowest BCUT2D eigenvalue weighted by atomic mass is 10.2. The topological polar surface area (TPSA) is 94.2 Å². The molecular weight excluding hydrogens is 480 g/mol. The van der Waals surface area contributed by atoms with Crippen molar-refractivity contribution in [2.45, 2.75) is 11.8 Å². The van der Waals surface area contributed by atoms with Crippen molar-refractivity contribution < 1.29 is 27.4 Å². The smallest absolute Gasteiger partial charge is 0.264 e. The van der Waals surface area contributed by atoms with Crippen LogP contribution in [0.2, 0.25) is 5.02 Å². The number of halogens is 1. The van der Waals surface area contributed by atoms with Crippen molar-refractivity contribution in [2.24, 2.45) is 0 Å². The maximum Gasteiger partial charge on any atom is 0.264 e. The zero-order valence-corrected chi connectivity index (χ0v) is 20.5. The number of para-hydroxylation sites is 1. The Bertz CT molecular complexity index is 1230. The lowest BCUT2D eigenvalue weighted by molar-refractivity contribution is -0.114. The van der Waals surface area contributed by atoms with E-state index in [0.29, 0.717) is 40.3 Å². The normalized spacial score (nSPS) is 10.9. The summed E-state index contributed by atoms with van der Waals surface area (Å²) in [5.74, 6) is 0.606. The van der Waals surface area contributed by atoms with Gasteiger partial charge >= 0.3 is 0 Å². The van der Waals surface area contributed by atoms with Gasteiger partial charge in [-0.2, -0.15) is 0 Å². The fourth-order valence-electron chi connectivity index (χ4n) is 3.19. The van der Waals surface area contributed by atoms with Crippen molar-refractivity contribution in [1.29, 1.82) is 0 Å². The van der Waals surface area contributed by atoms with Crippen LogP contribution in [0.1, 0.15) is 6.92 Å². The number of benzene rings is 3. The van der Waals surface area contributed by atoms with E-state index in [2.05, 4.69) is 5.32 Å². The monoisotopic (exact) mass is 504 g/mol. The van der Waals surface area contributed by atoms with Crippen molar-refractivity contribution in [3.8, 4) is 17.2 Å². The number of hydrogen-bond acceptors (Lipinski definition) is 6. The van der Waals surface area contributed by atoms with Crippen molar-refractivity contribution in [3.05, 3.63) is 71.8 Å². The van der Waals surface area contributed by atoms with E-state index < -0.39 is 22.5 Å². The number of carbonyl (C=O) groups excluding carboxylic acids is 1. The van der Waals surface area contributed by atoms with Crippen molar-refractivity contribution in [2.75, 3.05) is 37.0 Å². The molecule has 3 rings (SSSR count). The molecule has 180 valence electrons. The molecule has 0 saturated carbocycles. The van der Waals surface area contributed by atoms with Gasteiger partial charge in [0.05, 0.1) is 42.1 Å². The van der Waals surface area contributed by atoms with E-state index in [0.717, 1.165) is 4.31 Å². The highest BCUT2D eigenvalue weighted by molar-refractivity contribution is 7.92. The predicted molar refractivity (Wildman–Crippen MR) is 132 cm³/mol. The average Bonchev–Trinajstić information content (AvgIpc) is 2.84. The number of amides is 1. The maximum absolute atomic E-state index is 13.5. The maximum atomic E-state index is 13.5. The molecule has 1 amide bonds. The number of methoxy groups -OCH3 is 2. The second-order valence-electron chi connectivity index (χ2n) is 6.99. The largest absolute Gasteiger partial charge is 0.495 e. The summed E-state index contributed by atoms with van der Waals surface area (Å²) >= 11 is 6.13. The third-order valence-corrected chi connectivity index (χ3v) is 6.89. The zero-order chi connectivity index (χ0) is 24.7. The van der Waals surface area contributed by atoms with Gasteiger partial charge in [0.25, 0.3) is 10.0 Å². The van der Waals surface area contributed by atoms with Gasteiger partial charge in [-0.25, -0.2) is 8.42 Å². The van der Waals surface area contributed by atoms with E-state index in [1.165, 1.54) is 38.5 Å². The third-order valence-electron chi connectivity index (χ3n) is 4.80. The minimum absolute atomic E-state index is 0.0262. The number of hydrogen-bond donors (Lipinski definition) is 1. The SMILES string of the molecule is CCOc1ccc(S(=O)(=O)N(CC(=O)Nc2cc(OC)c(Cl)cc2OC)c2ccccc2)cc1. The van der Waals surface area contributed by atoms with E-state index in [1.54, 1.807) is 42.5 Å². The van der Waals surface area contributed by atoms with Gasteiger partial charge in [-0.3, -0.25) is 9.10 Å². The van der Waals surface area contributed by atoms with Gasteiger partial charge in [0, 0.05) is 12.1 Å². The standard InChI is InChI=1S/C24H25ClN2O6S/c1-4-33-18-10-12-19(13-11-18)34(29,30)27(17-8-6-5-7-9-17)16-24(28)26-21-15-22(31-2)20(25)14-23(21)32-3/h5-15H,4,16H2,1-3H3,(H,26,28). The average molecular weight is 505 g/mol. The summed E-state index contributed by atoms with van der Waals surface area (Å²) in [5.41, 5.74) is 0.632. The van der Waals surface area contributed by atoms with Crippen LogP contribution in [0.15, 0.2) is 71.6 Å². The first-order chi connectivity index (χ1) is 16.3. The fourth-order valence-corrected chi connectivity index (χ4v) is 4.84. The molecule has 0 aliphatic heterocycles. The summed E-state index contributed by atoms with van der Waals surface area (Å²) in [6.07, 6.45) is 0. The minimum atomic E-state index is -4.07. The molecular formula is C24H25ClN2O6S. The highest BCUT2D eigenvalue weighted by Crippen LogP contribution is 2.36. The van der Waals surface area contributed by atoms with Crippen LogP contribution < -0.4 is 23.8 Å². The van der Waals surface area contributed by atoms with E-state index in [4.69, 9.17) is 25.8 Å². The molecule has 0 unspecified atom stereocenters. The minimum Gasteiger partial charge on any atom is -0.495 e. The van der Waals surface area contributed by atoms with Crippen LogP contribution in [-0.4, -0.2) is 41.7 Å². The summed E-state index contributed by atoms with van der Waals surface area (Å²) in [6, 6.07) is 17.4. The lowest BCUT2D eigenvalue weighted by Gasteiger charge is -2.24. The van der Waals surface area contributed by atoms with Gasteiger partial charge < -0.3 is 19.5 Å². The van der Waals surface area contributed by atoms with Gasteiger partial charge in [0.2, 0.25) is 5.91 Å². The number of nitrogens with one attached hydrogen (secondary N) is 1. The first kappa shape index (κ1) is 25.2. The molecule has 0 spiro atoms. The van der Waals surface area contributed by atoms with Crippen LogP contribution in [0, 0.1) is 0 Å². The van der Waals surface area contributed by atoms with E-state index in [1.807, 2.05) is 6.92 Å². The Balaban J connectivity index is 1.93. The summed E-state index contributed by atoms with van der Waals surface area (Å²) in [4.78, 5) is 13.0. The molecule has 34 heavy (non-hydrogen) atoms. The molecule has 8 nitrogen and oxygen atoms in total. The second kappa shape index (κ2) is 11.1. The Labute approximate surface area is 204 Å². The zero-order valence-electron chi connectivity index (χ0n) is 18.9. The van der Waals surface area contributed by atoms with Crippen LogP contribution in [0.3, 0.4) is 0 Å². The van der Waals surface area contributed by atoms with Gasteiger partial charge in [-0.05, 0) is 43.3 Å². The number of anilines is 2. The quantitative estimate of drug-likeness (QED) is 0.434. The molecule has 10 heteroatoms. The molecule has 1 N–H and O–H groups in total. The summed E-state index contributed by atoms with van der Waals surface area (Å²) in [7, 11) is -1.19. The van der Waals surface area contributed by atoms with Gasteiger partial charge in [-0.15, -0.1) is 0 Å². The van der Waals surface area contributed by atoms with Crippen molar-refractivity contribution in [1.82, 2.24) is 0 Å². The molecule has 0 aliphatic rings. The molecule has 3 aromatic carbocycles. The van der Waals surface area contributed by atoms with Crippen LogP contribution in [-0.2, 0) is 14.8 Å². The van der Waals surface area contributed by atoms with Crippen LogP contribution in [0.5, 0.6) is 17.2 Å². The first-order valence-corrected chi connectivity index (χ1v) is 12.1. The first-order valence-electron chi connectivity index (χ1n) is 10.3. The molecule has 0 aromatic heterocycles. The molecule has 0 bridgehead atoms. The summed E-state index contributed by atoms with van der Waals surface area (Å²) < 4.78 is 43.9. The molecule has 3 aromatic rings. The van der Waals surface area contributed by atoms with Gasteiger partial charge in [0.15, 0.2) is 0 Å². The van der Waals surface area contributed by atoms with Crippen molar-refractivity contribution in [3.63, 3.8) is 0 Å². The van der Waals surface area contributed by atoms with Crippen LogP contribution in [0.4, 0.5) is 11.4 Å². The molecule has 0 saturated heterocycles. The predicted octanol–water partition coefficient (Wildman–Crippen LogP) is 4.59. The van der Waals surface area contributed by atoms with Crippen LogP contribution >= 0.6 is 11.6 Å². The molecule has 0 atom stereocenters. The number of ether oxygens (including phenoxy) is 3. The van der Waals surface area contributed by atoms with Gasteiger partial charge in [0.1, 0.15) is 23.8 Å². The van der Waals surface area contributed by atoms with E-state index in [-0.39, 0.29) is 4.90 Å². The van der Waals surface area contributed by atoms with E-state index >= 15 is 0 Å². The molecule has 0 aliphatic carbocycles. The third kappa shape index (κ3) is 5.73. The Hall–Kier alpha value is -3.43. The van der Waals surface area contributed by atoms with E-state index in [9.17, 15) is 13.2 Å². The van der Waals surface area contributed by atoms with Crippen molar-refractivity contribution >= 4 is 38.9 Å². The Morgan fingerprint density at radius 2 is 1.62 bits per heavy atom. The summed E-state index contributed by atoms with van der Waals surface area (Å²) in [6.45, 7) is 1.82. The number of sulfonamides is 1. The second-order valence-corrected chi connectivity index (χ2v) is 9.26. The fraction of sp³-hybridized carbons (Fsp3) is 0.208. The number of nitrogens with zero attached hydrogens (tertiary/aromatic N) is 1. The Morgan fingerprint density at radius 3 is 2.21 bits per heavy atom. The Morgan fingerprint density at radius 1 is 0.971 bits per heavy atom. The number of carbonyl (C=O) groups is 1. The molecule has 0 heterocycles. The highest BCUT2D eigenvalue weighted by atomic mass is 35.5. The lowest BCUT2D eigenvalue weighted by Crippen LogP contribution is -2.38. The Kier molecular flexibility index (Phi) is 8.25. The highest BCUT2D eigenvalue weighted by Gasteiger charge is 2.27. The van der Waals surface area contributed by atoms with Crippen LogP contribution in [0.25, 0.3) is 0 Å². The van der Waals surface area contributed by atoms with Gasteiger partial charge in [-0.1, -0.05) is 29.8 Å². The summed E-state index contributed by atoms with van der Waals surface area (Å²) in [5, 5.41) is 2.99.